The molecule has 1 aromatic carbocycles. The fourth-order valence-corrected chi connectivity index (χ4v) is 2.69. The normalized spacial score (nSPS) is 21.8. The smallest absolute Gasteiger partial charge is 0.125 e. The average Bonchev–Trinajstić information content (AvgIpc) is 2.31. The summed E-state index contributed by atoms with van der Waals surface area (Å²) < 4.78 is 6.19. The van der Waals surface area contributed by atoms with E-state index in [1.165, 1.54) is 0 Å². The van der Waals surface area contributed by atoms with Gasteiger partial charge >= 0.3 is 0 Å². The Labute approximate surface area is 108 Å². The van der Waals surface area contributed by atoms with Gasteiger partial charge in [-0.25, -0.2) is 0 Å². The first kappa shape index (κ1) is 12.7. The summed E-state index contributed by atoms with van der Waals surface area (Å²) in [5.41, 5.74) is 8.23. The van der Waals surface area contributed by atoms with Crippen LogP contribution in [-0.2, 0) is 0 Å². The number of halogens is 1. The summed E-state index contributed by atoms with van der Waals surface area (Å²) in [4.78, 5) is 0. The molecule has 3 heteroatoms. The number of hydrogen-bond donors (Lipinski definition) is 1. The van der Waals surface area contributed by atoms with Crippen molar-refractivity contribution >= 4 is 11.6 Å². The van der Waals surface area contributed by atoms with Crippen LogP contribution in [0.4, 0.5) is 0 Å². The zero-order valence-electron chi connectivity index (χ0n) is 10.7. The van der Waals surface area contributed by atoms with Gasteiger partial charge in [0.25, 0.3) is 0 Å². The molecule has 1 heterocycles. The van der Waals surface area contributed by atoms with Crippen molar-refractivity contribution in [3.05, 3.63) is 28.3 Å². The first-order valence-corrected chi connectivity index (χ1v) is 6.64. The highest BCUT2D eigenvalue weighted by Crippen LogP contribution is 2.43. The third kappa shape index (κ3) is 2.16. The second kappa shape index (κ2) is 4.51. The lowest BCUT2D eigenvalue weighted by molar-refractivity contribution is 0.0282. The van der Waals surface area contributed by atoms with E-state index in [2.05, 4.69) is 13.8 Å². The Morgan fingerprint density at radius 2 is 2.06 bits per heavy atom. The van der Waals surface area contributed by atoms with E-state index >= 15 is 0 Å². The molecular formula is C14H20ClNO. The third-order valence-corrected chi connectivity index (χ3v) is 4.30. The molecule has 94 valence electrons. The minimum Gasteiger partial charge on any atom is -0.487 e. The van der Waals surface area contributed by atoms with Crippen molar-refractivity contribution in [3.63, 3.8) is 0 Å². The molecule has 1 aliphatic heterocycles. The van der Waals surface area contributed by atoms with Crippen LogP contribution < -0.4 is 10.5 Å². The zero-order chi connectivity index (χ0) is 12.6. The number of fused-ring (bicyclic) bond motifs is 1. The molecule has 0 aromatic heterocycles. The quantitative estimate of drug-likeness (QED) is 0.865. The summed E-state index contributed by atoms with van der Waals surface area (Å²) in [6.45, 7) is 6.31. The number of hydrogen-bond acceptors (Lipinski definition) is 2. The maximum absolute atomic E-state index is 6.25. The highest BCUT2D eigenvalue weighted by atomic mass is 35.5. The molecular weight excluding hydrogens is 234 g/mol. The molecule has 1 aromatic rings. The lowest BCUT2D eigenvalue weighted by Crippen LogP contribution is -2.42. The number of ether oxygens (including phenoxy) is 1. The van der Waals surface area contributed by atoms with Crippen LogP contribution in [0.25, 0.3) is 0 Å². The standard InChI is InChI=1S/C14H20ClNO/c1-4-14(5-2)8-12(16)10-7-11(15)9(3)6-13(10)17-14/h6-7,12H,4-5,8,16H2,1-3H3. The Hall–Kier alpha value is -0.730. The molecule has 2 nitrogen and oxygen atoms in total. The minimum atomic E-state index is -0.104. The van der Waals surface area contributed by atoms with E-state index < -0.39 is 0 Å². The van der Waals surface area contributed by atoms with Gasteiger partial charge in [-0.05, 0) is 37.5 Å². The summed E-state index contributed by atoms with van der Waals surface area (Å²) in [6, 6.07) is 3.99. The van der Waals surface area contributed by atoms with Gasteiger partial charge in [0.2, 0.25) is 0 Å². The van der Waals surface area contributed by atoms with Crippen LogP contribution in [-0.4, -0.2) is 5.60 Å². The number of aryl methyl sites for hydroxylation is 1. The average molecular weight is 254 g/mol. The third-order valence-electron chi connectivity index (χ3n) is 3.90. The van der Waals surface area contributed by atoms with E-state index in [0.717, 1.165) is 41.2 Å². The molecule has 0 aliphatic carbocycles. The van der Waals surface area contributed by atoms with E-state index in [1.807, 2.05) is 19.1 Å². The lowest BCUT2D eigenvalue weighted by atomic mass is 9.83. The molecule has 0 amide bonds. The molecule has 17 heavy (non-hydrogen) atoms. The SMILES string of the molecule is CCC1(CC)CC(N)c2cc(Cl)c(C)cc2O1. The summed E-state index contributed by atoms with van der Waals surface area (Å²) >= 11 is 6.14. The van der Waals surface area contributed by atoms with Crippen molar-refractivity contribution < 1.29 is 4.74 Å². The van der Waals surface area contributed by atoms with Crippen molar-refractivity contribution in [2.75, 3.05) is 0 Å². The van der Waals surface area contributed by atoms with Crippen LogP contribution in [0.15, 0.2) is 12.1 Å². The summed E-state index contributed by atoms with van der Waals surface area (Å²) in [7, 11) is 0. The van der Waals surface area contributed by atoms with Gasteiger partial charge in [0.1, 0.15) is 11.4 Å². The number of benzene rings is 1. The molecule has 0 bridgehead atoms. The number of rotatable bonds is 2. The van der Waals surface area contributed by atoms with E-state index in [-0.39, 0.29) is 11.6 Å². The predicted molar refractivity (Wildman–Crippen MR) is 71.7 cm³/mol. The molecule has 2 rings (SSSR count). The molecule has 0 fully saturated rings. The van der Waals surface area contributed by atoms with Crippen LogP contribution in [0, 0.1) is 6.92 Å². The van der Waals surface area contributed by atoms with Gasteiger partial charge in [0.15, 0.2) is 0 Å². The highest BCUT2D eigenvalue weighted by molar-refractivity contribution is 6.31. The van der Waals surface area contributed by atoms with Gasteiger partial charge in [-0.2, -0.15) is 0 Å². The van der Waals surface area contributed by atoms with E-state index in [0.29, 0.717) is 0 Å². The van der Waals surface area contributed by atoms with Gasteiger partial charge < -0.3 is 10.5 Å². The van der Waals surface area contributed by atoms with E-state index in [9.17, 15) is 0 Å². The van der Waals surface area contributed by atoms with Gasteiger partial charge in [0.05, 0.1) is 0 Å². The summed E-state index contributed by atoms with van der Waals surface area (Å²) in [6.07, 6.45) is 2.84. The van der Waals surface area contributed by atoms with Gasteiger partial charge in [-0.3, -0.25) is 0 Å². The fourth-order valence-electron chi connectivity index (χ4n) is 2.52. The number of nitrogens with two attached hydrogens (primary N) is 1. The molecule has 0 saturated heterocycles. The Morgan fingerprint density at radius 3 is 2.65 bits per heavy atom. The molecule has 2 N–H and O–H groups in total. The van der Waals surface area contributed by atoms with Crippen LogP contribution in [0.1, 0.15) is 50.3 Å². The maximum Gasteiger partial charge on any atom is 0.125 e. The van der Waals surface area contributed by atoms with Gasteiger partial charge in [-0.15, -0.1) is 0 Å². The molecule has 1 unspecified atom stereocenters. The molecule has 0 saturated carbocycles. The zero-order valence-corrected chi connectivity index (χ0v) is 11.5. The molecule has 1 aliphatic rings. The predicted octanol–water partition coefficient (Wildman–Crippen LogP) is 3.99. The van der Waals surface area contributed by atoms with E-state index in [1.54, 1.807) is 0 Å². The Morgan fingerprint density at radius 1 is 1.41 bits per heavy atom. The van der Waals surface area contributed by atoms with Crippen molar-refractivity contribution in [1.29, 1.82) is 0 Å². The molecule has 1 atom stereocenters. The largest absolute Gasteiger partial charge is 0.487 e. The second-order valence-electron chi connectivity index (χ2n) is 4.94. The fraction of sp³-hybridized carbons (Fsp3) is 0.571. The van der Waals surface area contributed by atoms with E-state index in [4.69, 9.17) is 22.1 Å². The second-order valence-corrected chi connectivity index (χ2v) is 5.35. The Balaban J connectivity index is 2.46. The van der Waals surface area contributed by atoms with Crippen LogP contribution in [0.5, 0.6) is 5.75 Å². The lowest BCUT2D eigenvalue weighted by Gasteiger charge is -2.40. The van der Waals surface area contributed by atoms with Gasteiger partial charge in [0, 0.05) is 23.0 Å². The maximum atomic E-state index is 6.25. The first-order valence-electron chi connectivity index (χ1n) is 6.26. The topological polar surface area (TPSA) is 35.2 Å². The van der Waals surface area contributed by atoms with Crippen molar-refractivity contribution in [1.82, 2.24) is 0 Å². The minimum absolute atomic E-state index is 0.0248. The van der Waals surface area contributed by atoms with Crippen molar-refractivity contribution in [2.24, 2.45) is 5.73 Å². The van der Waals surface area contributed by atoms with Crippen LogP contribution >= 0.6 is 11.6 Å². The Kier molecular flexibility index (Phi) is 3.37. The van der Waals surface area contributed by atoms with Crippen molar-refractivity contribution in [3.8, 4) is 5.75 Å². The first-order chi connectivity index (χ1) is 8.01. The monoisotopic (exact) mass is 253 g/mol. The Bertz CT molecular complexity index is 426. The van der Waals surface area contributed by atoms with Crippen LogP contribution in [0.3, 0.4) is 0 Å². The van der Waals surface area contributed by atoms with Gasteiger partial charge in [-0.1, -0.05) is 25.4 Å². The summed E-state index contributed by atoms with van der Waals surface area (Å²) in [5, 5.41) is 0.767. The highest BCUT2D eigenvalue weighted by Gasteiger charge is 2.37. The molecule has 0 radical (unpaired) electrons. The molecule has 0 spiro atoms. The summed E-state index contributed by atoms with van der Waals surface area (Å²) in [5.74, 6) is 0.911. The van der Waals surface area contributed by atoms with Crippen LogP contribution in [0.2, 0.25) is 5.02 Å². The van der Waals surface area contributed by atoms with Crippen molar-refractivity contribution in [2.45, 2.75) is 51.7 Å².